The smallest absolute Gasteiger partial charge is 0.308 e. The molecule has 1 aromatic heterocycles. The van der Waals surface area contributed by atoms with Crippen molar-refractivity contribution in [1.29, 1.82) is 0 Å². The molecular formula is C20H15N3O4. The molecule has 1 atom stereocenters. The molecule has 3 aromatic rings. The van der Waals surface area contributed by atoms with Crippen LogP contribution in [0.1, 0.15) is 0 Å². The minimum Gasteiger partial charge on any atom is -0.493 e. The van der Waals surface area contributed by atoms with Gasteiger partial charge in [0.1, 0.15) is 6.61 Å². The van der Waals surface area contributed by atoms with Crippen molar-refractivity contribution in [1.82, 2.24) is 4.57 Å². The van der Waals surface area contributed by atoms with Crippen LogP contribution in [-0.2, 0) is 11.3 Å². The van der Waals surface area contributed by atoms with Crippen molar-refractivity contribution in [2.45, 2.75) is 12.6 Å². The van der Waals surface area contributed by atoms with Gasteiger partial charge in [-0.2, -0.15) is 0 Å². The summed E-state index contributed by atoms with van der Waals surface area (Å²) in [7, 11) is 0. The number of fused-ring (bicyclic) bond motifs is 2. The van der Waals surface area contributed by atoms with Gasteiger partial charge in [-0.25, -0.2) is 0 Å². The van der Waals surface area contributed by atoms with Gasteiger partial charge in [-0.3, -0.25) is 9.36 Å². The quantitative estimate of drug-likeness (QED) is 0.572. The molecule has 0 radical (unpaired) electrons. The molecule has 0 fully saturated rings. The lowest BCUT2D eigenvalue weighted by molar-refractivity contribution is -0.127. The van der Waals surface area contributed by atoms with E-state index >= 15 is 0 Å². The molecule has 27 heavy (non-hydrogen) atoms. The number of benzene rings is 2. The van der Waals surface area contributed by atoms with Gasteiger partial charge in [-0.15, -0.1) is 16.7 Å². The maximum absolute atomic E-state index is 12.4. The first-order valence-electron chi connectivity index (χ1n) is 8.26. The van der Waals surface area contributed by atoms with Crippen LogP contribution in [0.2, 0.25) is 0 Å². The lowest BCUT2D eigenvalue weighted by Crippen LogP contribution is -2.35. The summed E-state index contributed by atoms with van der Waals surface area (Å²) in [4.78, 5) is 12.4. The summed E-state index contributed by atoms with van der Waals surface area (Å²) >= 11 is 0. The van der Waals surface area contributed by atoms with E-state index in [0.717, 1.165) is 0 Å². The summed E-state index contributed by atoms with van der Waals surface area (Å²) in [6.07, 6.45) is 4.47. The van der Waals surface area contributed by atoms with Crippen LogP contribution in [0.5, 0.6) is 17.4 Å². The Morgan fingerprint density at radius 3 is 2.78 bits per heavy atom. The van der Waals surface area contributed by atoms with E-state index in [1.807, 2.05) is 18.2 Å². The molecular weight excluding hydrogens is 346 g/mol. The Morgan fingerprint density at radius 2 is 1.96 bits per heavy atom. The SMILES string of the molecule is C#CCn1c(O)c(N=NC(=O)[C@@H]2COc3ccccc3O2)c2ccccc21. The van der Waals surface area contributed by atoms with Crippen molar-refractivity contribution in [3.63, 3.8) is 0 Å². The highest BCUT2D eigenvalue weighted by molar-refractivity contribution is 5.95. The van der Waals surface area contributed by atoms with Crippen LogP contribution in [0.25, 0.3) is 10.9 Å². The predicted molar refractivity (Wildman–Crippen MR) is 98.3 cm³/mol. The summed E-state index contributed by atoms with van der Waals surface area (Å²) < 4.78 is 12.7. The third-order valence-corrected chi connectivity index (χ3v) is 4.20. The topological polar surface area (TPSA) is 85.4 Å². The van der Waals surface area contributed by atoms with Gasteiger partial charge in [0.15, 0.2) is 17.2 Å². The number of carbonyl (C=O) groups is 1. The van der Waals surface area contributed by atoms with Crippen LogP contribution in [0.3, 0.4) is 0 Å². The van der Waals surface area contributed by atoms with Gasteiger partial charge in [-0.05, 0) is 18.2 Å². The fourth-order valence-electron chi connectivity index (χ4n) is 2.93. The Labute approximate surface area is 154 Å². The van der Waals surface area contributed by atoms with Crippen molar-refractivity contribution in [3.05, 3.63) is 48.5 Å². The Morgan fingerprint density at radius 1 is 1.22 bits per heavy atom. The zero-order valence-electron chi connectivity index (χ0n) is 14.2. The Hall–Kier alpha value is -3.79. The number of terminal acetylenes is 1. The highest BCUT2D eigenvalue weighted by Crippen LogP contribution is 2.39. The normalized spacial score (nSPS) is 15.7. The van der Waals surface area contributed by atoms with Gasteiger partial charge >= 0.3 is 5.91 Å². The van der Waals surface area contributed by atoms with E-state index in [4.69, 9.17) is 15.9 Å². The van der Waals surface area contributed by atoms with Gasteiger partial charge in [0.2, 0.25) is 12.0 Å². The molecule has 4 rings (SSSR count). The summed E-state index contributed by atoms with van der Waals surface area (Å²) in [6, 6.07) is 14.3. The molecule has 134 valence electrons. The third kappa shape index (κ3) is 2.98. The van der Waals surface area contributed by atoms with Crippen molar-refractivity contribution >= 4 is 22.5 Å². The largest absolute Gasteiger partial charge is 0.493 e. The van der Waals surface area contributed by atoms with Crippen LogP contribution >= 0.6 is 0 Å². The zero-order chi connectivity index (χ0) is 18.8. The number of hydrogen-bond donors (Lipinski definition) is 1. The fraction of sp³-hybridized carbons (Fsp3) is 0.150. The van der Waals surface area contributed by atoms with E-state index in [-0.39, 0.29) is 24.7 Å². The number of carbonyl (C=O) groups excluding carboxylic acids is 1. The van der Waals surface area contributed by atoms with Crippen LogP contribution in [-0.4, -0.2) is 28.3 Å². The third-order valence-electron chi connectivity index (χ3n) is 4.20. The summed E-state index contributed by atoms with van der Waals surface area (Å²) in [5.74, 6) is 2.80. The molecule has 7 heteroatoms. The Balaban J connectivity index is 1.61. The Bertz CT molecular complexity index is 1090. The molecule has 0 unspecified atom stereocenters. The molecule has 0 aliphatic carbocycles. The van der Waals surface area contributed by atoms with Crippen molar-refractivity contribution in [3.8, 4) is 29.7 Å². The minimum atomic E-state index is -0.898. The molecule has 1 N–H and O–H groups in total. The second-order valence-electron chi connectivity index (χ2n) is 5.88. The van der Waals surface area contributed by atoms with Crippen LogP contribution < -0.4 is 9.47 Å². The standard InChI is InChI=1S/C20H15N3O4/c1-2-11-23-14-8-4-3-7-13(14)18(20(23)25)21-22-19(24)17-12-26-15-9-5-6-10-16(15)27-17/h1,3-10,17,25H,11-12H2/t17-/m0/s1. The molecule has 1 aliphatic heterocycles. The van der Waals surface area contributed by atoms with Gasteiger partial charge < -0.3 is 14.6 Å². The van der Waals surface area contributed by atoms with Crippen LogP contribution in [0, 0.1) is 12.3 Å². The summed E-state index contributed by atoms with van der Waals surface area (Å²) in [5.41, 5.74) is 0.895. The lowest BCUT2D eigenvalue weighted by atomic mass is 10.2. The zero-order valence-corrected chi connectivity index (χ0v) is 14.2. The lowest BCUT2D eigenvalue weighted by Gasteiger charge is -2.23. The number of nitrogens with zero attached hydrogens (tertiary/aromatic N) is 3. The maximum atomic E-state index is 12.4. The average Bonchev–Trinajstić information content (AvgIpc) is 2.97. The molecule has 2 aromatic carbocycles. The number of aromatic hydroxyl groups is 1. The number of azo groups is 1. The average molecular weight is 361 g/mol. The highest BCUT2D eigenvalue weighted by atomic mass is 16.6. The van der Waals surface area contributed by atoms with E-state index in [0.29, 0.717) is 22.4 Å². The maximum Gasteiger partial charge on any atom is 0.308 e. The van der Waals surface area contributed by atoms with E-state index in [2.05, 4.69) is 16.1 Å². The molecule has 0 saturated carbocycles. The number of amides is 1. The van der Waals surface area contributed by atoms with E-state index in [1.54, 1.807) is 30.3 Å². The molecule has 0 spiro atoms. The molecule has 1 amide bonds. The van der Waals surface area contributed by atoms with E-state index in [1.165, 1.54) is 4.57 Å². The second kappa shape index (κ2) is 6.84. The number of ether oxygens (including phenoxy) is 2. The van der Waals surface area contributed by atoms with Crippen LogP contribution in [0.15, 0.2) is 58.8 Å². The number of para-hydroxylation sites is 3. The number of aromatic nitrogens is 1. The van der Waals surface area contributed by atoms with E-state index < -0.39 is 12.0 Å². The summed E-state index contributed by atoms with van der Waals surface area (Å²) in [5, 5.41) is 18.8. The van der Waals surface area contributed by atoms with Gasteiger partial charge in [0, 0.05) is 5.39 Å². The summed E-state index contributed by atoms with van der Waals surface area (Å²) in [6.45, 7) is 0.214. The second-order valence-corrected chi connectivity index (χ2v) is 5.88. The molecule has 7 nitrogen and oxygen atoms in total. The number of hydrogen-bond acceptors (Lipinski definition) is 5. The first-order chi connectivity index (χ1) is 13.2. The fourth-order valence-corrected chi connectivity index (χ4v) is 2.93. The molecule has 1 aliphatic rings. The van der Waals surface area contributed by atoms with Crippen LogP contribution in [0.4, 0.5) is 5.69 Å². The van der Waals surface area contributed by atoms with Crippen molar-refractivity contribution in [2.24, 2.45) is 10.2 Å². The molecule has 0 bridgehead atoms. The monoisotopic (exact) mass is 361 g/mol. The van der Waals surface area contributed by atoms with Gasteiger partial charge in [-0.1, -0.05) is 36.3 Å². The minimum absolute atomic E-state index is 0.0414. The Kier molecular flexibility index (Phi) is 4.22. The van der Waals surface area contributed by atoms with Gasteiger partial charge in [0.05, 0.1) is 12.1 Å². The predicted octanol–water partition coefficient (Wildman–Crippen LogP) is 3.43. The highest BCUT2D eigenvalue weighted by Gasteiger charge is 2.27. The van der Waals surface area contributed by atoms with Crippen molar-refractivity contribution in [2.75, 3.05) is 6.61 Å². The molecule has 0 saturated heterocycles. The molecule has 2 heterocycles. The first-order valence-corrected chi connectivity index (χ1v) is 8.26. The number of rotatable bonds is 3. The first kappa shape index (κ1) is 16.7. The van der Waals surface area contributed by atoms with Crippen molar-refractivity contribution < 1.29 is 19.4 Å². The van der Waals surface area contributed by atoms with Gasteiger partial charge in [0.25, 0.3) is 0 Å². The van der Waals surface area contributed by atoms with E-state index in [9.17, 15) is 9.90 Å².